The lowest BCUT2D eigenvalue weighted by Gasteiger charge is -2.39. The number of fused-ring (bicyclic) bond motifs is 1. The van der Waals surface area contributed by atoms with Gasteiger partial charge in [-0.2, -0.15) is 0 Å². The zero-order valence-corrected chi connectivity index (χ0v) is 14.4. The van der Waals surface area contributed by atoms with Gasteiger partial charge in [-0.25, -0.2) is 0 Å². The second-order valence-electron chi connectivity index (χ2n) is 6.24. The monoisotopic (exact) mass is 335 g/mol. The van der Waals surface area contributed by atoms with Crippen molar-refractivity contribution in [1.82, 2.24) is 5.32 Å². The van der Waals surface area contributed by atoms with Crippen LogP contribution in [0.1, 0.15) is 31.2 Å². The highest BCUT2D eigenvalue weighted by atomic mass is 32.2. The van der Waals surface area contributed by atoms with E-state index in [4.69, 9.17) is 9.47 Å². The van der Waals surface area contributed by atoms with Gasteiger partial charge in [0, 0.05) is 17.4 Å². The molecule has 3 rings (SSSR count). The van der Waals surface area contributed by atoms with Crippen LogP contribution in [0.4, 0.5) is 0 Å². The molecular formula is C18H25NO3S. The highest BCUT2D eigenvalue weighted by Gasteiger charge is 2.34. The van der Waals surface area contributed by atoms with Crippen molar-refractivity contribution in [3.8, 4) is 0 Å². The first-order valence-electron chi connectivity index (χ1n) is 8.40. The molecule has 1 aromatic carbocycles. The van der Waals surface area contributed by atoms with Crippen LogP contribution in [0.25, 0.3) is 0 Å². The van der Waals surface area contributed by atoms with Gasteiger partial charge < -0.3 is 14.8 Å². The van der Waals surface area contributed by atoms with Gasteiger partial charge in [0.05, 0.1) is 25.4 Å². The maximum Gasteiger partial charge on any atom is 0.220 e. The fourth-order valence-electron chi connectivity index (χ4n) is 3.35. The summed E-state index contributed by atoms with van der Waals surface area (Å²) in [7, 11) is 0. The molecule has 0 spiro atoms. The van der Waals surface area contributed by atoms with E-state index < -0.39 is 0 Å². The summed E-state index contributed by atoms with van der Waals surface area (Å²) in [6.07, 6.45) is 6.62. The molecule has 0 radical (unpaired) electrons. The van der Waals surface area contributed by atoms with Crippen LogP contribution >= 0.6 is 11.8 Å². The molecular weight excluding hydrogens is 310 g/mol. The number of carbonyl (C=O) groups is 1. The second-order valence-corrected chi connectivity index (χ2v) is 7.12. The summed E-state index contributed by atoms with van der Waals surface area (Å²) >= 11 is 1.73. The van der Waals surface area contributed by atoms with Crippen LogP contribution in [0.5, 0.6) is 0 Å². The number of ether oxygens (including phenoxy) is 2. The van der Waals surface area contributed by atoms with E-state index in [1.54, 1.807) is 11.8 Å². The Morgan fingerprint density at radius 3 is 2.65 bits per heavy atom. The third-order valence-corrected chi connectivity index (χ3v) is 5.39. The molecule has 0 bridgehead atoms. The maximum absolute atomic E-state index is 12.2. The number of rotatable bonds is 5. The predicted molar refractivity (Wildman–Crippen MR) is 91.8 cm³/mol. The van der Waals surface area contributed by atoms with Gasteiger partial charge in [-0.3, -0.25) is 4.79 Å². The third-order valence-electron chi connectivity index (χ3n) is 4.64. The van der Waals surface area contributed by atoms with E-state index in [1.165, 1.54) is 10.5 Å². The van der Waals surface area contributed by atoms with Crippen LogP contribution in [-0.4, -0.2) is 43.6 Å². The molecule has 0 unspecified atom stereocenters. The van der Waals surface area contributed by atoms with Gasteiger partial charge in [0.15, 0.2) is 0 Å². The molecule has 1 aromatic rings. The standard InChI is InChI=1S/C18H25NO3S/c1-23-15-6-2-13(3-7-15)4-9-18(20)19-14-5-8-16-17(12-14)22-11-10-21-16/h2-3,6-7,14,16-17H,4-5,8-12H2,1H3,(H,19,20)/t14-,16-,17-/m1/s1. The second kappa shape index (κ2) is 8.18. The molecule has 1 saturated heterocycles. The van der Waals surface area contributed by atoms with Crippen molar-refractivity contribution < 1.29 is 14.3 Å². The Kier molecular flexibility index (Phi) is 5.97. The summed E-state index contributed by atoms with van der Waals surface area (Å²) in [5, 5.41) is 3.17. The predicted octanol–water partition coefficient (Wildman–Crippen LogP) is 2.79. The average molecular weight is 335 g/mol. The lowest BCUT2D eigenvalue weighted by molar-refractivity contribution is -0.158. The van der Waals surface area contributed by atoms with Crippen LogP contribution < -0.4 is 5.32 Å². The van der Waals surface area contributed by atoms with Crippen LogP contribution in [-0.2, 0) is 20.7 Å². The molecule has 1 saturated carbocycles. The lowest BCUT2D eigenvalue weighted by Crippen LogP contribution is -2.49. The number of carbonyl (C=O) groups excluding carboxylic acids is 1. The number of hydrogen-bond acceptors (Lipinski definition) is 4. The first-order chi connectivity index (χ1) is 11.2. The Morgan fingerprint density at radius 1 is 1.17 bits per heavy atom. The number of hydrogen-bond donors (Lipinski definition) is 1. The zero-order chi connectivity index (χ0) is 16.1. The third kappa shape index (κ3) is 4.72. The van der Waals surface area contributed by atoms with E-state index in [-0.39, 0.29) is 24.2 Å². The van der Waals surface area contributed by atoms with E-state index >= 15 is 0 Å². The minimum atomic E-state index is 0.138. The van der Waals surface area contributed by atoms with Crippen molar-refractivity contribution in [1.29, 1.82) is 0 Å². The zero-order valence-electron chi connectivity index (χ0n) is 13.6. The number of amides is 1. The molecule has 2 fully saturated rings. The minimum Gasteiger partial charge on any atom is -0.373 e. The van der Waals surface area contributed by atoms with Crippen molar-refractivity contribution in [3.63, 3.8) is 0 Å². The Balaban J connectivity index is 1.42. The summed E-state index contributed by atoms with van der Waals surface area (Å²) in [6, 6.07) is 8.66. The molecule has 1 aliphatic carbocycles. The van der Waals surface area contributed by atoms with Crippen LogP contribution in [0, 0.1) is 0 Å². The van der Waals surface area contributed by atoms with Crippen molar-refractivity contribution in [2.75, 3.05) is 19.5 Å². The first-order valence-corrected chi connectivity index (χ1v) is 9.62. The highest BCUT2D eigenvalue weighted by Crippen LogP contribution is 2.26. The highest BCUT2D eigenvalue weighted by molar-refractivity contribution is 7.98. The number of benzene rings is 1. The van der Waals surface area contributed by atoms with Gasteiger partial charge in [-0.1, -0.05) is 12.1 Å². The normalized spacial score (nSPS) is 27.3. The molecule has 3 atom stereocenters. The number of nitrogens with one attached hydrogen (secondary N) is 1. The Hall–Kier alpha value is -1.04. The van der Waals surface area contributed by atoms with Gasteiger partial charge in [-0.15, -0.1) is 11.8 Å². The topological polar surface area (TPSA) is 47.6 Å². The SMILES string of the molecule is CSc1ccc(CCC(=O)N[C@@H]2CC[C@H]3OCCO[C@@H]3C2)cc1. The Bertz CT molecular complexity index is 520. The maximum atomic E-state index is 12.2. The summed E-state index contributed by atoms with van der Waals surface area (Å²) < 4.78 is 11.5. The Labute approximate surface area is 142 Å². The quantitative estimate of drug-likeness (QED) is 0.841. The smallest absolute Gasteiger partial charge is 0.220 e. The van der Waals surface area contributed by atoms with E-state index in [1.807, 2.05) is 0 Å². The lowest BCUT2D eigenvalue weighted by atomic mass is 9.89. The molecule has 0 aromatic heterocycles. The van der Waals surface area contributed by atoms with Crippen molar-refractivity contribution in [3.05, 3.63) is 29.8 Å². The Morgan fingerprint density at radius 2 is 1.91 bits per heavy atom. The summed E-state index contributed by atoms with van der Waals surface area (Å²) in [5.74, 6) is 0.138. The molecule has 1 N–H and O–H groups in total. The molecule has 1 amide bonds. The van der Waals surface area contributed by atoms with Crippen LogP contribution in [0.15, 0.2) is 29.2 Å². The fraction of sp³-hybridized carbons (Fsp3) is 0.611. The molecule has 1 aliphatic heterocycles. The van der Waals surface area contributed by atoms with Gasteiger partial charge in [0.1, 0.15) is 0 Å². The molecule has 5 heteroatoms. The van der Waals surface area contributed by atoms with Gasteiger partial charge >= 0.3 is 0 Å². The molecule has 23 heavy (non-hydrogen) atoms. The first kappa shape index (κ1) is 16.8. The van der Waals surface area contributed by atoms with Crippen molar-refractivity contribution in [2.24, 2.45) is 0 Å². The fourth-order valence-corrected chi connectivity index (χ4v) is 3.76. The van der Waals surface area contributed by atoms with Crippen molar-refractivity contribution >= 4 is 17.7 Å². The summed E-state index contributed by atoms with van der Waals surface area (Å²) in [5.41, 5.74) is 1.21. The van der Waals surface area contributed by atoms with E-state index in [2.05, 4.69) is 35.8 Å². The summed E-state index contributed by atoms with van der Waals surface area (Å²) in [6.45, 7) is 1.38. The molecule has 1 heterocycles. The number of thioether (sulfide) groups is 1. The molecule has 4 nitrogen and oxygen atoms in total. The molecule has 126 valence electrons. The minimum absolute atomic E-state index is 0.138. The van der Waals surface area contributed by atoms with Gasteiger partial charge in [-0.05, 0) is 49.6 Å². The largest absolute Gasteiger partial charge is 0.373 e. The van der Waals surface area contributed by atoms with E-state index in [0.717, 1.165) is 25.7 Å². The molecule has 2 aliphatic rings. The van der Waals surface area contributed by atoms with Crippen LogP contribution in [0.2, 0.25) is 0 Å². The van der Waals surface area contributed by atoms with Gasteiger partial charge in [0.2, 0.25) is 5.91 Å². The average Bonchev–Trinajstić information content (AvgIpc) is 2.60. The number of aryl methyl sites for hydroxylation is 1. The van der Waals surface area contributed by atoms with Gasteiger partial charge in [0.25, 0.3) is 0 Å². The van der Waals surface area contributed by atoms with E-state index in [9.17, 15) is 4.79 Å². The van der Waals surface area contributed by atoms with Crippen LogP contribution in [0.3, 0.4) is 0 Å². The van der Waals surface area contributed by atoms with E-state index in [0.29, 0.717) is 19.6 Å². The summed E-state index contributed by atoms with van der Waals surface area (Å²) in [4.78, 5) is 13.4. The van der Waals surface area contributed by atoms with Crippen molar-refractivity contribution in [2.45, 2.75) is 55.2 Å².